The zero-order chi connectivity index (χ0) is 20.8. The molecule has 1 fully saturated rings. The van der Waals surface area contributed by atoms with Crippen molar-refractivity contribution in [3.8, 4) is 5.75 Å². The Morgan fingerprint density at radius 1 is 1.17 bits per heavy atom. The van der Waals surface area contributed by atoms with Crippen molar-refractivity contribution in [2.24, 2.45) is 0 Å². The zero-order valence-corrected chi connectivity index (χ0v) is 17.2. The zero-order valence-electron chi connectivity index (χ0n) is 17.2. The standard InChI is InChI=1S/C24H27N3O3/c1-26(15-20-14-25-27(17-20)16-19-6-3-2-4-7-19)24(28)21-9-11-22(12-10-21)30-18-23-8-5-13-29-23/h2-4,6-7,9-12,14,17,23H,5,8,13,15-16,18H2,1H3/t23-/m1/s1. The molecule has 156 valence electrons. The van der Waals surface area contributed by atoms with Gasteiger partial charge in [-0.25, -0.2) is 0 Å². The quantitative estimate of drug-likeness (QED) is 0.573. The van der Waals surface area contributed by atoms with Gasteiger partial charge in [-0.3, -0.25) is 9.48 Å². The molecule has 3 aromatic rings. The fourth-order valence-corrected chi connectivity index (χ4v) is 3.57. The van der Waals surface area contributed by atoms with Crippen LogP contribution < -0.4 is 4.74 Å². The average molecular weight is 405 g/mol. The van der Waals surface area contributed by atoms with Crippen LogP contribution in [0.15, 0.2) is 67.0 Å². The van der Waals surface area contributed by atoms with Gasteiger partial charge in [0.25, 0.3) is 5.91 Å². The molecule has 30 heavy (non-hydrogen) atoms. The van der Waals surface area contributed by atoms with Crippen molar-refractivity contribution < 1.29 is 14.3 Å². The third-order valence-corrected chi connectivity index (χ3v) is 5.20. The van der Waals surface area contributed by atoms with Crippen LogP contribution in [-0.2, 0) is 17.8 Å². The smallest absolute Gasteiger partial charge is 0.253 e. The summed E-state index contributed by atoms with van der Waals surface area (Å²) in [4.78, 5) is 14.5. The number of carbonyl (C=O) groups excluding carboxylic acids is 1. The van der Waals surface area contributed by atoms with Crippen molar-refractivity contribution in [1.29, 1.82) is 0 Å². The molecule has 1 atom stereocenters. The van der Waals surface area contributed by atoms with Crippen LogP contribution in [0.3, 0.4) is 0 Å². The Kier molecular flexibility index (Phi) is 6.44. The molecular weight excluding hydrogens is 378 g/mol. The summed E-state index contributed by atoms with van der Waals surface area (Å²) in [6, 6.07) is 17.5. The number of benzene rings is 2. The van der Waals surface area contributed by atoms with Gasteiger partial charge in [0.15, 0.2) is 0 Å². The van der Waals surface area contributed by atoms with Gasteiger partial charge in [-0.15, -0.1) is 0 Å². The highest BCUT2D eigenvalue weighted by Crippen LogP contribution is 2.18. The van der Waals surface area contributed by atoms with E-state index >= 15 is 0 Å². The molecule has 0 unspecified atom stereocenters. The largest absolute Gasteiger partial charge is 0.491 e. The van der Waals surface area contributed by atoms with Gasteiger partial charge in [0.1, 0.15) is 12.4 Å². The van der Waals surface area contributed by atoms with E-state index in [-0.39, 0.29) is 12.0 Å². The highest BCUT2D eigenvalue weighted by Gasteiger charge is 2.17. The molecule has 1 aliphatic heterocycles. The van der Waals surface area contributed by atoms with Gasteiger partial charge in [0.05, 0.1) is 18.8 Å². The number of hydrogen-bond donors (Lipinski definition) is 0. The molecule has 1 aliphatic rings. The number of amides is 1. The SMILES string of the molecule is CN(Cc1cnn(Cc2ccccc2)c1)C(=O)c1ccc(OC[C@H]2CCCO2)cc1. The molecule has 0 radical (unpaired) electrons. The van der Waals surface area contributed by atoms with Crippen molar-refractivity contribution in [3.05, 3.63) is 83.7 Å². The molecule has 6 heteroatoms. The Bertz CT molecular complexity index is 947. The first kappa shape index (κ1) is 20.2. The van der Waals surface area contributed by atoms with Gasteiger partial charge >= 0.3 is 0 Å². The van der Waals surface area contributed by atoms with Crippen molar-refractivity contribution in [1.82, 2.24) is 14.7 Å². The van der Waals surface area contributed by atoms with Crippen LogP contribution in [0.25, 0.3) is 0 Å². The summed E-state index contributed by atoms with van der Waals surface area (Å²) >= 11 is 0. The van der Waals surface area contributed by atoms with E-state index in [2.05, 4.69) is 17.2 Å². The molecule has 2 heterocycles. The number of nitrogens with zero attached hydrogens (tertiary/aromatic N) is 3. The molecule has 1 amide bonds. The van der Waals surface area contributed by atoms with E-state index in [1.165, 1.54) is 5.56 Å². The molecule has 0 aliphatic carbocycles. The summed E-state index contributed by atoms with van der Waals surface area (Å²) in [6.07, 6.45) is 6.12. The molecule has 2 aromatic carbocycles. The Morgan fingerprint density at radius 2 is 1.97 bits per heavy atom. The maximum Gasteiger partial charge on any atom is 0.253 e. The third kappa shape index (κ3) is 5.27. The second-order valence-corrected chi connectivity index (χ2v) is 7.66. The normalized spacial score (nSPS) is 15.8. The monoisotopic (exact) mass is 405 g/mol. The Hall–Kier alpha value is -3.12. The van der Waals surface area contributed by atoms with Crippen molar-refractivity contribution in [2.75, 3.05) is 20.3 Å². The molecular formula is C24H27N3O3. The fourth-order valence-electron chi connectivity index (χ4n) is 3.57. The Labute approximate surface area is 177 Å². The molecule has 0 spiro atoms. The Balaban J connectivity index is 1.30. The van der Waals surface area contributed by atoms with Gasteiger partial charge in [-0.2, -0.15) is 5.10 Å². The maximum atomic E-state index is 12.8. The first-order valence-electron chi connectivity index (χ1n) is 10.3. The highest BCUT2D eigenvalue weighted by atomic mass is 16.5. The van der Waals surface area contributed by atoms with Crippen LogP contribution in [0.2, 0.25) is 0 Å². The summed E-state index contributed by atoms with van der Waals surface area (Å²) in [6.45, 7) is 2.59. The molecule has 0 N–H and O–H groups in total. The van der Waals surface area contributed by atoms with Gasteiger partial charge in [-0.1, -0.05) is 30.3 Å². The lowest BCUT2D eigenvalue weighted by atomic mass is 10.2. The minimum absolute atomic E-state index is 0.0310. The Morgan fingerprint density at radius 3 is 2.70 bits per heavy atom. The molecule has 4 rings (SSSR count). The van der Waals surface area contributed by atoms with Gasteiger partial charge < -0.3 is 14.4 Å². The van der Waals surface area contributed by atoms with Gasteiger partial charge in [0.2, 0.25) is 0 Å². The van der Waals surface area contributed by atoms with Crippen LogP contribution >= 0.6 is 0 Å². The topological polar surface area (TPSA) is 56.6 Å². The predicted molar refractivity (Wildman–Crippen MR) is 114 cm³/mol. The van der Waals surface area contributed by atoms with Crippen LogP contribution in [0.4, 0.5) is 0 Å². The molecule has 1 aromatic heterocycles. The minimum atomic E-state index is -0.0310. The second-order valence-electron chi connectivity index (χ2n) is 7.66. The summed E-state index contributed by atoms with van der Waals surface area (Å²) < 4.78 is 13.2. The van der Waals surface area contributed by atoms with E-state index in [0.717, 1.165) is 30.8 Å². The molecule has 1 saturated heterocycles. The van der Waals surface area contributed by atoms with E-state index in [4.69, 9.17) is 9.47 Å². The lowest BCUT2D eigenvalue weighted by molar-refractivity contribution is 0.0679. The van der Waals surface area contributed by atoms with Crippen LogP contribution in [-0.4, -0.2) is 47.0 Å². The fraction of sp³-hybridized carbons (Fsp3) is 0.333. The minimum Gasteiger partial charge on any atom is -0.491 e. The number of rotatable bonds is 8. The van der Waals surface area contributed by atoms with Crippen molar-refractivity contribution in [2.45, 2.75) is 32.0 Å². The average Bonchev–Trinajstić information content (AvgIpc) is 3.45. The number of ether oxygens (including phenoxy) is 2. The summed E-state index contributed by atoms with van der Waals surface area (Å²) in [5.41, 5.74) is 2.83. The third-order valence-electron chi connectivity index (χ3n) is 5.20. The van der Waals surface area contributed by atoms with Crippen LogP contribution in [0.5, 0.6) is 5.75 Å². The first-order chi connectivity index (χ1) is 14.7. The number of aromatic nitrogens is 2. The van der Waals surface area contributed by atoms with Crippen LogP contribution in [0, 0.1) is 0 Å². The van der Waals surface area contributed by atoms with E-state index in [0.29, 0.717) is 25.3 Å². The van der Waals surface area contributed by atoms with E-state index < -0.39 is 0 Å². The van der Waals surface area contributed by atoms with Crippen LogP contribution in [0.1, 0.15) is 34.3 Å². The summed E-state index contributed by atoms with van der Waals surface area (Å²) in [7, 11) is 1.80. The summed E-state index contributed by atoms with van der Waals surface area (Å²) in [5.74, 6) is 0.725. The van der Waals surface area contributed by atoms with E-state index in [1.54, 1.807) is 11.9 Å². The lowest BCUT2D eigenvalue weighted by Crippen LogP contribution is -2.26. The van der Waals surface area contributed by atoms with Crippen molar-refractivity contribution >= 4 is 5.91 Å². The number of carbonyl (C=O) groups is 1. The highest BCUT2D eigenvalue weighted by molar-refractivity contribution is 5.94. The van der Waals surface area contributed by atoms with Gasteiger partial charge in [-0.05, 0) is 42.7 Å². The molecule has 6 nitrogen and oxygen atoms in total. The lowest BCUT2D eigenvalue weighted by Gasteiger charge is -2.17. The second kappa shape index (κ2) is 9.59. The van der Waals surface area contributed by atoms with Crippen molar-refractivity contribution in [3.63, 3.8) is 0 Å². The summed E-state index contributed by atoms with van der Waals surface area (Å²) in [5, 5.41) is 4.41. The number of hydrogen-bond acceptors (Lipinski definition) is 4. The first-order valence-corrected chi connectivity index (χ1v) is 10.3. The van der Waals surface area contributed by atoms with E-state index in [9.17, 15) is 4.79 Å². The predicted octanol–water partition coefficient (Wildman–Crippen LogP) is 3.76. The molecule has 0 bridgehead atoms. The maximum absolute atomic E-state index is 12.8. The van der Waals surface area contributed by atoms with Gasteiger partial charge in [0, 0.05) is 37.5 Å². The van der Waals surface area contributed by atoms with E-state index in [1.807, 2.05) is 59.5 Å². The molecule has 0 saturated carbocycles.